The van der Waals surface area contributed by atoms with Crippen molar-refractivity contribution in [2.75, 3.05) is 13.2 Å². The molecule has 2 N–H and O–H groups in total. The summed E-state index contributed by atoms with van der Waals surface area (Å²) in [5.74, 6) is 0.488. The Morgan fingerprint density at radius 1 is 1.43 bits per heavy atom. The van der Waals surface area contributed by atoms with E-state index in [1.54, 1.807) is 18.2 Å². The molecule has 1 amide bonds. The van der Waals surface area contributed by atoms with Crippen LogP contribution < -0.4 is 10.9 Å². The number of hydrogen-bond acceptors (Lipinski definition) is 4. The smallest absolute Gasteiger partial charge is 0.258 e. The van der Waals surface area contributed by atoms with E-state index in [2.05, 4.69) is 15.3 Å². The lowest BCUT2D eigenvalue weighted by Crippen LogP contribution is -2.35. The molecule has 0 radical (unpaired) electrons. The number of benzene rings is 1. The minimum absolute atomic E-state index is 0.0874. The highest BCUT2D eigenvalue weighted by molar-refractivity contribution is 5.81. The van der Waals surface area contributed by atoms with E-state index in [0.29, 0.717) is 36.3 Å². The van der Waals surface area contributed by atoms with E-state index in [9.17, 15) is 9.59 Å². The molecule has 1 unspecified atom stereocenters. The van der Waals surface area contributed by atoms with Gasteiger partial charge in [-0.05, 0) is 25.0 Å². The van der Waals surface area contributed by atoms with Crippen molar-refractivity contribution >= 4 is 16.8 Å². The maximum Gasteiger partial charge on any atom is 0.258 e. The third kappa shape index (κ3) is 3.11. The number of hydrogen-bond donors (Lipinski definition) is 2. The Kier molecular flexibility index (Phi) is 3.96. The minimum atomic E-state index is -0.325. The molecule has 21 heavy (non-hydrogen) atoms. The zero-order valence-corrected chi connectivity index (χ0v) is 11.6. The van der Waals surface area contributed by atoms with Gasteiger partial charge in [-0.3, -0.25) is 9.59 Å². The Hall–Kier alpha value is -2.21. The second-order valence-corrected chi connectivity index (χ2v) is 5.07. The van der Waals surface area contributed by atoms with Crippen molar-refractivity contribution in [3.05, 3.63) is 40.4 Å². The van der Waals surface area contributed by atoms with Gasteiger partial charge in [0.1, 0.15) is 11.9 Å². The number of aromatic nitrogens is 2. The molecule has 1 saturated heterocycles. The average molecular weight is 287 g/mol. The van der Waals surface area contributed by atoms with Gasteiger partial charge in [0, 0.05) is 19.6 Å². The summed E-state index contributed by atoms with van der Waals surface area (Å²) in [5.41, 5.74) is 0.516. The van der Waals surface area contributed by atoms with Crippen LogP contribution in [0.4, 0.5) is 0 Å². The number of aromatic amines is 1. The van der Waals surface area contributed by atoms with Gasteiger partial charge in [-0.1, -0.05) is 12.1 Å². The molecule has 2 heterocycles. The lowest BCUT2D eigenvalue weighted by Gasteiger charge is -2.10. The van der Waals surface area contributed by atoms with Gasteiger partial charge >= 0.3 is 0 Å². The number of nitrogens with one attached hydrogen (secondary N) is 2. The Morgan fingerprint density at radius 2 is 2.29 bits per heavy atom. The first-order chi connectivity index (χ1) is 10.2. The zero-order chi connectivity index (χ0) is 14.7. The van der Waals surface area contributed by atoms with Crippen LogP contribution in [-0.4, -0.2) is 35.1 Å². The standard InChI is InChI=1S/C15H17N3O3/c19-14-10-4-1-2-5-11(10)17-13(18-14)7-8-16-15(20)12-6-3-9-21-12/h1-2,4-5,12H,3,6-9H2,(H,16,20)(H,17,18,19). The van der Waals surface area contributed by atoms with E-state index < -0.39 is 0 Å². The monoisotopic (exact) mass is 287 g/mol. The van der Waals surface area contributed by atoms with E-state index in [1.807, 2.05) is 6.07 Å². The molecule has 0 saturated carbocycles. The van der Waals surface area contributed by atoms with Gasteiger partial charge in [0.05, 0.1) is 10.9 Å². The van der Waals surface area contributed by atoms with Gasteiger partial charge in [0.15, 0.2) is 0 Å². The van der Waals surface area contributed by atoms with Crippen LogP contribution in [0.15, 0.2) is 29.1 Å². The Labute approximate surface area is 121 Å². The maximum atomic E-state index is 11.9. The van der Waals surface area contributed by atoms with Gasteiger partial charge < -0.3 is 15.0 Å². The van der Waals surface area contributed by atoms with Crippen LogP contribution in [0.5, 0.6) is 0 Å². The van der Waals surface area contributed by atoms with Crippen LogP contribution in [0, 0.1) is 0 Å². The molecular formula is C15H17N3O3. The minimum Gasteiger partial charge on any atom is -0.368 e. The fraction of sp³-hybridized carbons (Fsp3) is 0.400. The van der Waals surface area contributed by atoms with Crippen LogP contribution in [0.3, 0.4) is 0 Å². The predicted molar refractivity (Wildman–Crippen MR) is 78.1 cm³/mol. The van der Waals surface area contributed by atoms with Crippen LogP contribution in [-0.2, 0) is 16.0 Å². The first-order valence-corrected chi connectivity index (χ1v) is 7.11. The van der Waals surface area contributed by atoms with Crippen molar-refractivity contribution in [1.82, 2.24) is 15.3 Å². The highest BCUT2D eigenvalue weighted by Crippen LogP contribution is 2.11. The summed E-state index contributed by atoms with van der Waals surface area (Å²) in [6.07, 6.45) is 1.86. The summed E-state index contributed by atoms with van der Waals surface area (Å²) in [6, 6.07) is 7.20. The maximum absolute atomic E-state index is 11.9. The third-order valence-electron chi connectivity index (χ3n) is 3.55. The van der Waals surface area contributed by atoms with Crippen LogP contribution >= 0.6 is 0 Å². The van der Waals surface area contributed by atoms with Crippen LogP contribution in [0.1, 0.15) is 18.7 Å². The molecule has 0 bridgehead atoms. The third-order valence-corrected chi connectivity index (χ3v) is 3.55. The summed E-state index contributed by atoms with van der Waals surface area (Å²) in [4.78, 5) is 30.8. The molecule has 6 nitrogen and oxygen atoms in total. The van der Waals surface area contributed by atoms with Gasteiger partial charge in [-0.2, -0.15) is 0 Å². The van der Waals surface area contributed by atoms with E-state index in [-0.39, 0.29) is 17.6 Å². The quantitative estimate of drug-likeness (QED) is 0.869. The summed E-state index contributed by atoms with van der Waals surface area (Å²) in [7, 11) is 0. The van der Waals surface area contributed by atoms with Crippen LogP contribution in [0.25, 0.3) is 10.9 Å². The topological polar surface area (TPSA) is 84.1 Å². The second kappa shape index (κ2) is 6.05. The fourth-order valence-corrected chi connectivity index (χ4v) is 2.46. The molecule has 1 aromatic carbocycles. The van der Waals surface area contributed by atoms with E-state index in [4.69, 9.17) is 4.74 Å². The first kappa shape index (κ1) is 13.8. The van der Waals surface area contributed by atoms with Crippen molar-refractivity contribution in [1.29, 1.82) is 0 Å². The molecule has 110 valence electrons. The molecule has 1 aliphatic rings. The van der Waals surface area contributed by atoms with E-state index in [1.165, 1.54) is 0 Å². The Balaban J connectivity index is 1.63. The summed E-state index contributed by atoms with van der Waals surface area (Å²) >= 11 is 0. The summed E-state index contributed by atoms with van der Waals surface area (Å²) in [6.45, 7) is 1.08. The zero-order valence-electron chi connectivity index (χ0n) is 11.6. The van der Waals surface area contributed by atoms with Crippen molar-refractivity contribution in [3.63, 3.8) is 0 Å². The normalized spacial score (nSPS) is 18.0. The van der Waals surface area contributed by atoms with Gasteiger partial charge in [0.25, 0.3) is 5.56 Å². The van der Waals surface area contributed by atoms with Gasteiger partial charge in [0.2, 0.25) is 5.91 Å². The molecule has 1 aliphatic heterocycles. The highest BCUT2D eigenvalue weighted by atomic mass is 16.5. The summed E-state index contributed by atoms with van der Waals surface area (Å²) in [5, 5.41) is 3.39. The number of H-pyrrole nitrogens is 1. The fourth-order valence-electron chi connectivity index (χ4n) is 2.46. The lowest BCUT2D eigenvalue weighted by atomic mass is 10.2. The van der Waals surface area contributed by atoms with Gasteiger partial charge in [-0.25, -0.2) is 4.98 Å². The van der Waals surface area contributed by atoms with Crippen molar-refractivity contribution in [2.45, 2.75) is 25.4 Å². The molecule has 2 aromatic rings. The van der Waals surface area contributed by atoms with Crippen molar-refractivity contribution < 1.29 is 9.53 Å². The van der Waals surface area contributed by atoms with Crippen molar-refractivity contribution in [3.8, 4) is 0 Å². The first-order valence-electron chi connectivity index (χ1n) is 7.11. The Bertz CT molecular complexity index is 705. The predicted octanol–water partition coefficient (Wildman–Crippen LogP) is 0.761. The SMILES string of the molecule is O=C(NCCc1nc2ccccc2c(=O)[nH]1)C1CCCO1. The second-order valence-electron chi connectivity index (χ2n) is 5.07. The number of fused-ring (bicyclic) bond motifs is 1. The molecule has 1 aromatic heterocycles. The Morgan fingerprint density at radius 3 is 3.10 bits per heavy atom. The molecule has 6 heteroatoms. The van der Waals surface area contributed by atoms with Crippen LogP contribution in [0.2, 0.25) is 0 Å². The average Bonchev–Trinajstić information content (AvgIpc) is 3.01. The molecular weight excluding hydrogens is 270 g/mol. The number of ether oxygens (including phenoxy) is 1. The highest BCUT2D eigenvalue weighted by Gasteiger charge is 2.22. The number of carbonyl (C=O) groups is 1. The summed E-state index contributed by atoms with van der Waals surface area (Å²) < 4.78 is 5.31. The number of carbonyl (C=O) groups excluding carboxylic acids is 1. The largest absolute Gasteiger partial charge is 0.368 e. The molecule has 0 spiro atoms. The molecule has 3 rings (SSSR count). The van der Waals surface area contributed by atoms with E-state index in [0.717, 1.165) is 12.8 Å². The number of amides is 1. The molecule has 1 atom stereocenters. The molecule has 0 aliphatic carbocycles. The van der Waals surface area contributed by atoms with E-state index >= 15 is 0 Å². The van der Waals surface area contributed by atoms with Gasteiger partial charge in [-0.15, -0.1) is 0 Å². The number of nitrogens with zero attached hydrogens (tertiary/aromatic N) is 1. The molecule has 1 fully saturated rings. The number of rotatable bonds is 4. The lowest BCUT2D eigenvalue weighted by molar-refractivity contribution is -0.129. The van der Waals surface area contributed by atoms with Crippen molar-refractivity contribution in [2.24, 2.45) is 0 Å². The number of para-hydroxylation sites is 1.